The first-order valence-electron chi connectivity index (χ1n) is 4.72. The van der Waals surface area contributed by atoms with Crippen molar-refractivity contribution >= 4 is 11.0 Å². The van der Waals surface area contributed by atoms with Crippen molar-refractivity contribution in [3.05, 3.63) is 29.8 Å². The molecule has 5 heteroatoms. The Kier molecular flexibility index (Phi) is 2.66. The number of nitrogens with zero attached hydrogens (tertiary/aromatic N) is 1. The molecule has 0 aliphatic heterocycles. The number of halogens is 1. The molecule has 80 valence electrons. The quantitative estimate of drug-likeness (QED) is 0.708. The second-order valence-electron chi connectivity index (χ2n) is 3.40. The number of aromatic nitrogens is 2. The second kappa shape index (κ2) is 3.96. The van der Waals surface area contributed by atoms with Gasteiger partial charge in [-0.15, -0.1) is 0 Å². The van der Waals surface area contributed by atoms with Gasteiger partial charge in [-0.05, 0) is 24.6 Å². The van der Waals surface area contributed by atoms with E-state index in [4.69, 9.17) is 10.8 Å². The summed E-state index contributed by atoms with van der Waals surface area (Å²) in [6.07, 6.45) is 0.433. The molecule has 0 aliphatic rings. The lowest BCUT2D eigenvalue weighted by atomic mass is 10.2. The Bertz CT molecular complexity index is 469. The fourth-order valence-electron chi connectivity index (χ4n) is 1.45. The molecule has 0 fully saturated rings. The van der Waals surface area contributed by atoms with Crippen molar-refractivity contribution in [2.45, 2.75) is 12.5 Å². The normalized spacial score (nSPS) is 13.3. The van der Waals surface area contributed by atoms with E-state index in [0.29, 0.717) is 23.3 Å². The van der Waals surface area contributed by atoms with Crippen molar-refractivity contribution in [1.82, 2.24) is 9.97 Å². The van der Waals surface area contributed by atoms with Crippen LogP contribution in [0.5, 0.6) is 0 Å². The van der Waals surface area contributed by atoms with Crippen LogP contribution in [0, 0.1) is 5.82 Å². The number of aliphatic hydroxyl groups excluding tert-OH is 1. The van der Waals surface area contributed by atoms with E-state index < -0.39 is 0 Å². The number of benzene rings is 1. The summed E-state index contributed by atoms with van der Waals surface area (Å²) >= 11 is 0. The molecule has 1 unspecified atom stereocenters. The molecule has 1 atom stereocenters. The zero-order valence-corrected chi connectivity index (χ0v) is 8.07. The summed E-state index contributed by atoms with van der Waals surface area (Å²) < 4.78 is 12.9. The van der Waals surface area contributed by atoms with E-state index in [1.54, 1.807) is 6.07 Å². The number of nitrogens with one attached hydrogen (secondary N) is 1. The first-order valence-corrected chi connectivity index (χ1v) is 4.72. The standard InChI is InChI=1S/C10H12FN3O/c11-6-1-2-8-9(5-6)14-10(13-8)7(12)3-4-15/h1-2,5,7,15H,3-4,12H2,(H,13,14). The predicted molar refractivity (Wildman–Crippen MR) is 54.7 cm³/mol. The molecule has 15 heavy (non-hydrogen) atoms. The van der Waals surface area contributed by atoms with Gasteiger partial charge in [0.15, 0.2) is 0 Å². The van der Waals surface area contributed by atoms with Gasteiger partial charge in [-0.3, -0.25) is 0 Å². The van der Waals surface area contributed by atoms with Gasteiger partial charge in [0.1, 0.15) is 11.6 Å². The number of H-pyrrole nitrogens is 1. The van der Waals surface area contributed by atoms with E-state index in [2.05, 4.69) is 9.97 Å². The summed E-state index contributed by atoms with van der Waals surface area (Å²) in [5.74, 6) is 0.262. The molecule has 2 rings (SSSR count). The van der Waals surface area contributed by atoms with Crippen LogP contribution in [0.3, 0.4) is 0 Å². The molecule has 0 radical (unpaired) electrons. The minimum atomic E-state index is -0.342. The van der Waals surface area contributed by atoms with Crippen LogP contribution < -0.4 is 5.73 Å². The highest BCUT2D eigenvalue weighted by Gasteiger charge is 2.10. The Morgan fingerprint density at radius 2 is 2.33 bits per heavy atom. The average Bonchev–Trinajstić information content (AvgIpc) is 2.60. The first kappa shape index (κ1) is 10.1. The third-order valence-corrected chi connectivity index (χ3v) is 2.25. The van der Waals surface area contributed by atoms with E-state index in [0.717, 1.165) is 0 Å². The Balaban J connectivity index is 2.38. The highest BCUT2D eigenvalue weighted by Crippen LogP contribution is 2.17. The zero-order valence-electron chi connectivity index (χ0n) is 8.07. The van der Waals surface area contributed by atoms with Crippen LogP contribution in [0.1, 0.15) is 18.3 Å². The number of rotatable bonds is 3. The van der Waals surface area contributed by atoms with Gasteiger partial charge in [0, 0.05) is 6.61 Å². The van der Waals surface area contributed by atoms with Crippen LogP contribution in [0.4, 0.5) is 4.39 Å². The SMILES string of the molecule is NC(CCO)c1nc2ccc(F)cc2[nH]1. The van der Waals surface area contributed by atoms with E-state index in [1.807, 2.05) is 0 Å². The number of hydrogen-bond donors (Lipinski definition) is 3. The van der Waals surface area contributed by atoms with Crippen molar-refractivity contribution in [2.24, 2.45) is 5.73 Å². The molecule has 1 heterocycles. The van der Waals surface area contributed by atoms with E-state index >= 15 is 0 Å². The lowest BCUT2D eigenvalue weighted by Gasteiger charge is -2.04. The van der Waals surface area contributed by atoms with Gasteiger partial charge in [0.25, 0.3) is 0 Å². The zero-order chi connectivity index (χ0) is 10.8. The monoisotopic (exact) mass is 209 g/mol. The molecular weight excluding hydrogens is 197 g/mol. The van der Waals surface area contributed by atoms with Crippen LogP contribution in [-0.2, 0) is 0 Å². The molecule has 0 spiro atoms. The Morgan fingerprint density at radius 1 is 1.53 bits per heavy atom. The molecule has 0 saturated heterocycles. The lowest BCUT2D eigenvalue weighted by Crippen LogP contribution is -2.13. The van der Waals surface area contributed by atoms with E-state index in [-0.39, 0.29) is 18.5 Å². The van der Waals surface area contributed by atoms with E-state index in [1.165, 1.54) is 12.1 Å². The molecule has 0 aliphatic carbocycles. The third-order valence-electron chi connectivity index (χ3n) is 2.25. The molecule has 0 amide bonds. The van der Waals surface area contributed by atoms with Crippen LogP contribution in [0.15, 0.2) is 18.2 Å². The summed E-state index contributed by atoms with van der Waals surface area (Å²) in [4.78, 5) is 7.15. The number of imidazole rings is 1. The maximum atomic E-state index is 12.9. The highest BCUT2D eigenvalue weighted by molar-refractivity contribution is 5.75. The molecule has 4 N–H and O–H groups in total. The van der Waals surface area contributed by atoms with Gasteiger partial charge in [0.2, 0.25) is 0 Å². The first-order chi connectivity index (χ1) is 7.20. The van der Waals surface area contributed by atoms with Crippen molar-refractivity contribution < 1.29 is 9.50 Å². The van der Waals surface area contributed by atoms with Crippen molar-refractivity contribution in [2.75, 3.05) is 6.61 Å². The number of hydrogen-bond acceptors (Lipinski definition) is 3. The van der Waals surface area contributed by atoms with Crippen molar-refractivity contribution in [3.8, 4) is 0 Å². The Hall–Kier alpha value is -1.46. The minimum Gasteiger partial charge on any atom is -0.396 e. The number of aliphatic hydroxyl groups is 1. The van der Waals surface area contributed by atoms with Gasteiger partial charge in [-0.1, -0.05) is 0 Å². The topological polar surface area (TPSA) is 74.9 Å². The van der Waals surface area contributed by atoms with Crippen LogP contribution in [0.2, 0.25) is 0 Å². The highest BCUT2D eigenvalue weighted by atomic mass is 19.1. The molecule has 0 saturated carbocycles. The van der Waals surface area contributed by atoms with Gasteiger partial charge in [-0.25, -0.2) is 9.37 Å². The maximum absolute atomic E-state index is 12.9. The molecule has 1 aromatic carbocycles. The van der Waals surface area contributed by atoms with Crippen molar-refractivity contribution in [1.29, 1.82) is 0 Å². The summed E-state index contributed by atoms with van der Waals surface area (Å²) in [5.41, 5.74) is 7.06. The van der Waals surface area contributed by atoms with Crippen molar-refractivity contribution in [3.63, 3.8) is 0 Å². The fraction of sp³-hybridized carbons (Fsp3) is 0.300. The van der Waals surface area contributed by atoms with Gasteiger partial charge < -0.3 is 15.8 Å². The van der Waals surface area contributed by atoms with Crippen LogP contribution >= 0.6 is 0 Å². The predicted octanol–water partition coefficient (Wildman–Crippen LogP) is 1.08. The van der Waals surface area contributed by atoms with Gasteiger partial charge >= 0.3 is 0 Å². The Labute approximate surface area is 85.9 Å². The molecule has 1 aromatic heterocycles. The summed E-state index contributed by atoms with van der Waals surface area (Å²) in [5, 5.41) is 8.74. The molecule has 2 aromatic rings. The largest absolute Gasteiger partial charge is 0.396 e. The average molecular weight is 209 g/mol. The number of fused-ring (bicyclic) bond motifs is 1. The number of nitrogens with two attached hydrogens (primary N) is 1. The van der Waals surface area contributed by atoms with Gasteiger partial charge in [0.05, 0.1) is 17.1 Å². The fourth-order valence-corrected chi connectivity index (χ4v) is 1.45. The maximum Gasteiger partial charge on any atom is 0.125 e. The minimum absolute atomic E-state index is 0.00652. The summed E-state index contributed by atoms with van der Waals surface area (Å²) in [7, 11) is 0. The summed E-state index contributed by atoms with van der Waals surface area (Å²) in [6.45, 7) is 0.00652. The smallest absolute Gasteiger partial charge is 0.125 e. The third kappa shape index (κ3) is 1.98. The Morgan fingerprint density at radius 3 is 3.07 bits per heavy atom. The second-order valence-corrected chi connectivity index (χ2v) is 3.40. The van der Waals surface area contributed by atoms with E-state index in [9.17, 15) is 4.39 Å². The van der Waals surface area contributed by atoms with Gasteiger partial charge in [-0.2, -0.15) is 0 Å². The molecular formula is C10H12FN3O. The van der Waals surface area contributed by atoms with Crippen LogP contribution in [0.25, 0.3) is 11.0 Å². The lowest BCUT2D eigenvalue weighted by molar-refractivity contribution is 0.275. The summed E-state index contributed by atoms with van der Waals surface area (Å²) in [6, 6.07) is 3.98. The molecule has 4 nitrogen and oxygen atoms in total. The van der Waals surface area contributed by atoms with Crippen LogP contribution in [-0.4, -0.2) is 21.7 Å². The number of aromatic amines is 1. The molecule has 0 bridgehead atoms.